The third-order valence-electron chi connectivity index (χ3n) is 4.19. The van der Waals surface area contributed by atoms with Crippen molar-refractivity contribution in [2.45, 2.75) is 49.5 Å². The Labute approximate surface area is 145 Å². The fourth-order valence-electron chi connectivity index (χ4n) is 2.79. The number of anilines is 1. The molecule has 0 aromatic carbocycles. The van der Waals surface area contributed by atoms with E-state index in [1.165, 1.54) is 12.1 Å². The first-order valence-corrected chi connectivity index (χ1v) is 9.58. The van der Waals surface area contributed by atoms with E-state index in [1.54, 1.807) is 4.72 Å². The molecule has 0 unspecified atom stereocenters. The van der Waals surface area contributed by atoms with Crippen LogP contribution in [0.3, 0.4) is 0 Å². The molecule has 1 amide bonds. The summed E-state index contributed by atoms with van der Waals surface area (Å²) in [6.45, 7) is -0.975. The minimum absolute atomic E-state index is 0.131. The average Bonchev–Trinajstić information content (AvgIpc) is 2.60. The van der Waals surface area contributed by atoms with E-state index in [0.29, 0.717) is 0 Å². The number of aromatic nitrogens is 1. The van der Waals surface area contributed by atoms with Crippen LogP contribution in [0, 0.1) is 5.92 Å². The van der Waals surface area contributed by atoms with Crippen molar-refractivity contribution in [3.63, 3.8) is 0 Å². The maximum Gasteiger partial charge on any atom is 0.251 e. The Morgan fingerprint density at radius 1 is 1.28 bits per heavy atom. The van der Waals surface area contributed by atoms with Gasteiger partial charge in [-0.3, -0.25) is 4.79 Å². The number of nitrogens with one attached hydrogen (secondary N) is 2. The first-order chi connectivity index (χ1) is 11.8. The van der Waals surface area contributed by atoms with Crippen molar-refractivity contribution in [2.75, 3.05) is 11.9 Å². The molecule has 1 aliphatic carbocycles. The Hall–Kier alpha value is -1.65. The topological polar surface area (TPSA) is 114 Å². The molecular formula is C15H22F2N4O3S. The van der Waals surface area contributed by atoms with Crippen LogP contribution in [0.15, 0.2) is 23.2 Å². The van der Waals surface area contributed by atoms with Gasteiger partial charge in [-0.2, -0.15) is 0 Å². The molecule has 1 aromatic heterocycles. The van der Waals surface area contributed by atoms with Crippen molar-refractivity contribution >= 4 is 21.7 Å². The third kappa shape index (κ3) is 5.68. The first kappa shape index (κ1) is 19.7. The number of halogens is 2. The van der Waals surface area contributed by atoms with Crippen molar-refractivity contribution < 1.29 is 22.0 Å². The van der Waals surface area contributed by atoms with Crippen molar-refractivity contribution in [1.29, 1.82) is 0 Å². The predicted octanol–water partition coefficient (Wildman–Crippen LogP) is 1.47. The summed E-state index contributed by atoms with van der Waals surface area (Å²) in [4.78, 5) is 15.8. The lowest BCUT2D eigenvalue weighted by atomic mass is 9.84. The van der Waals surface area contributed by atoms with E-state index < -0.39 is 29.0 Å². The molecule has 1 atom stereocenters. The van der Waals surface area contributed by atoms with Gasteiger partial charge < -0.3 is 11.1 Å². The molecule has 1 aromatic rings. The van der Waals surface area contributed by atoms with Crippen LogP contribution in [0.4, 0.5) is 14.6 Å². The van der Waals surface area contributed by atoms with Gasteiger partial charge in [-0.25, -0.2) is 26.9 Å². The van der Waals surface area contributed by atoms with Crippen molar-refractivity contribution in [3.05, 3.63) is 18.3 Å². The Morgan fingerprint density at radius 2 is 1.96 bits per heavy atom. The maximum atomic E-state index is 12.2. The van der Waals surface area contributed by atoms with Crippen LogP contribution in [0.5, 0.6) is 0 Å². The molecule has 1 fully saturated rings. The first-order valence-electron chi connectivity index (χ1n) is 8.10. The van der Waals surface area contributed by atoms with Gasteiger partial charge in [0.2, 0.25) is 15.9 Å². The second-order valence-corrected chi connectivity index (χ2v) is 7.80. The molecule has 1 heterocycles. The molecule has 0 bridgehead atoms. The van der Waals surface area contributed by atoms with Gasteiger partial charge >= 0.3 is 0 Å². The third-order valence-corrected chi connectivity index (χ3v) is 5.59. The number of carbonyl (C=O) groups is 1. The van der Waals surface area contributed by atoms with E-state index in [0.717, 1.165) is 38.3 Å². The monoisotopic (exact) mass is 376 g/mol. The number of sulfonamides is 1. The number of amides is 1. The van der Waals surface area contributed by atoms with Gasteiger partial charge in [-0.05, 0) is 30.9 Å². The molecule has 1 saturated carbocycles. The number of hydrogen-bond donors (Lipinski definition) is 3. The molecule has 25 heavy (non-hydrogen) atoms. The van der Waals surface area contributed by atoms with E-state index in [4.69, 9.17) is 5.73 Å². The van der Waals surface area contributed by atoms with Crippen LogP contribution in [0.2, 0.25) is 0 Å². The number of rotatable bonds is 7. The minimum atomic E-state index is -4.06. The summed E-state index contributed by atoms with van der Waals surface area (Å²) in [6.07, 6.45) is 3.30. The minimum Gasteiger partial charge on any atom is -0.320 e. The maximum absolute atomic E-state index is 12.2. The highest BCUT2D eigenvalue weighted by Crippen LogP contribution is 2.26. The molecule has 0 spiro atoms. The van der Waals surface area contributed by atoms with E-state index in [2.05, 4.69) is 10.3 Å². The molecule has 0 saturated heterocycles. The van der Waals surface area contributed by atoms with Crippen molar-refractivity contribution in [3.8, 4) is 0 Å². The second-order valence-electron chi connectivity index (χ2n) is 6.04. The van der Waals surface area contributed by atoms with Gasteiger partial charge in [0, 0.05) is 6.20 Å². The zero-order valence-electron chi connectivity index (χ0n) is 13.6. The van der Waals surface area contributed by atoms with Gasteiger partial charge in [-0.15, -0.1) is 0 Å². The van der Waals surface area contributed by atoms with Gasteiger partial charge in [-0.1, -0.05) is 19.3 Å². The number of hydrogen-bond acceptors (Lipinski definition) is 5. The Kier molecular flexibility index (Phi) is 6.79. The summed E-state index contributed by atoms with van der Waals surface area (Å²) in [5.74, 6) is -0.0816. The van der Waals surface area contributed by atoms with E-state index in [-0.39, 0.29) is 22.5 Å². The van der Waals surface area contributed by atoms with Crippen molar-refractivity contribution in [2.24, 2.45) is 11.7 Å². The van der Waals surface area contributed by atoms with Gasteiger partial charge in [0.1, 0.15) is 10.7 Å². The number of nitrogens with two attached hydrogens (primary N) is 1. The highest BCUT2D eigenvalue weighted by atomic mass is 32.2. The van der Waals surface area contributed by atoms with Gasteiger partial charge in [0.05, 0.1) is 12.6 Å². The summed E-state index contributed by atoms with van der Waals surface area (Å²) in [6, 6.07) is 1.84. The molecule has 2 rings (SSSR count). The molecular weight excluding hydrogens is 354 g/mol. The van der Waals surface area contributed by atoms with Gasteiger partial charge in [0.25, 0.3) is 6.43 Å². The zero-order valence-corrected chi connectivity index (χ0v) is 14.4. The summed E-state index contributed by atoms with van der Waals surface area (Å²) < 4.78 is 49.6. The van der Waals surface area contributed by atoms with E-state index >= 15 is 0 Å². The smallest absolute Gasteiger partial charge is 0.251 e. The molecule has 10 heteroatoms. The number of nitrogens with zero attached hydrogens (tertiary/aromatic N) is 1. The predicted molar refractivity (Wildman–Crippen MR) is 88.6 cm³/mol. The van der Waals surface area contributed by atoms with Crippen LogP contribution in [0.1, 0.15) is 32.1 Å². The van der Waals surface area contributed by atoms with Crippen LogP contribution in [0.25, 0.3) is 0 Å². The average molecular weight is 376 g/mol. The summed E-state index contributed by atoms with van der Waals surface area (Å²) in [5, 5.41) is 2.56. The molecule has 7 nitrogen and oxygen atoms in total. The van der Waals surface area contributed by atoms with Crippen LogP contribution in [-0.4, -0.2) is 38.3 Å². The van der Waals surface area contributed by atoms with E-state index in [9.17, 15) is 22.0 Å². The number of carbonyl (C=O) groups excluding carboxylic acids is 1. The normalized spacial score (nSPS) is 17.4. The molecule has 0 aliphatic heterocycles. The van der Waals surface area contributed by atoms with E-state index in [1.807, 2.05) is 0 Å². The summed E-state index contributed by atoms with van der Waals surface area (Å²) in [7, 11) is -4.06. The molecule has 1 aliphatic rings. The zero-order chi connectivity index (χ0) is 18.4. The standard InChI is InChI=1S/C15H22F2N4O3S/c16-12(17)9-20-25(23,24)11-6-7-13(19-8-11)21-15(22)14(18)10-4-2-1-3-5-10/h6-8,10,12,14,20H,1-5,9,18H2,(H,19,21,22)/t14-/m0/s1. The van der Waals surface area contributed by atoms with Crippen LogP contribution < -0.4 is 15.8 Å². The van der Waals surface area contributed by atoms with Gasteiger partial charge in [0.15, 0.2) is 0 Å². The number of pyridine rings is 1. The largest absolute Gasteiger partial charge is 0.320 e. The number of alkyl halides is 2. The highest BCUT2D eigenvalue weighted by Gasteiger charge is 2.26. The second kappa shape index (κ2) is 8.63. The molecule has 4 N–H and O–H groups in total. The molecule has 140 valence electrons. The fourth-order valence-corrected chi connectivity index (χ4v) is 3.74. The lowest BCUT2D eigenvalue weighted by Gasteiger charge is -2.26. The quantitative estimate of drug-likeness (QED) is 0.667. The molecule has 0 radical (unpaired) electrons. The lowest BCUT2D eigenvalue weighted by molar-refractivity contribution is -0.118. The Bertz CT molecular complexity index is 677. The Balaban J connectivity index is 1.96. The summed E-state index contributed by atoms with van der Waals surface area (Å²) in [5.41, 5.74) is 5.99. The fraction of sp³-hybridized carbons (Fsp3) is 0.600. The van der Waals surface area contributed by atoms with Crippen LogP contribution in [-0.2, 0) is 14.8 Å². The lowest BCUT2D eigenvalue weighted by Crippen LogP contribution is -2.42. The van der Waals surface area contributed by atoms with Crippen molar-refractivity contribution in [1.82, 2.24) is 9.71 Å². The highest BCUT2D eigenvalue weighted by molar-refractivity contribution is 7.89. The van der Waals surface area contributed by atoms with Crippen LogP contribution >= 0.6 is 0 Å². The summed E-state index contributed by atoms with van der Waals surface area (Å²) >= 11 is 0. The Morgan fingerprint density at radius 3 is 2.52 bits per heavy atom. The SMILES string of the molecule is N[C@H](C(=O)Nc1ccc(S(=O)(=O)NCC(F)F)cn1)C1CCCCC1.